The third kappa shape index (κ3) is 3.18. The minimum Gasteiger partial charge on any atom is -0.508 e. The second kappa shape index (κ2) is 7.03. The van der Waals surface area contributed by atoms with Crippen LogP contribution < -0.4 is 0 Å². The normalized spacial score (nSPS) is 16.2. The van der Waals surface area contributed by atoms with E-state index in [9.17, 15) is 15.3 Å². The van der Waals surface area contributed by atoms with Gasteiger partial charge in [-0.1, -0.05) is 48.5 Å². The first kappa shape index (κ1) is 17.9. The zero-order chi connectivity index (χ0) is 20.0. The Morgan fingerprint density at radius 2 is 1.52 bits per heavy atom. The zero-order valence-corrected chi connectivity index (χ0v) is 16.3. The Labute approximate surface area is 172 Å². The van der Waals surface area contributed by atoms with Gasteiger partial charge in [0.25, 0.3) is 0 Å². The fraction of sp³-hybridized carbons (Fsp3) is 0.0833. The number of aromatic hydroxyl groups is 3. The number of phenols is 3. The van der Waals surface area contributed by atoms with Gasteiger partial charge in [0.05, 0.1) is 10.9 Å². The Bertz CT molecular complexity index is 1220. The first-order valence-electron chi connectivity index (χ1n) is 9.36. The van der Waals surface area contributed by atoms with E-state index in [4.69, 9.17) is 0 Å². The van der Waals surface area contributed by atoms with Crippen LogP contribution in [0.25, 0.3) is 10.8 Å². The minimum atomic E-state index is -0.0325. The molecule has 0 spiro atoms. The van der Waals surface area contributed by atoms with Crippen LogP contribution >= 0.6 is 11.9 Å². The standard InChI is InChI=1S/C24H19NO3S/c26-17-8-10-20-16(12-17)14-25(29-23-11-9-18(27)13-22(23)28)24(20)21-7-3-5-15-4-1-2-6-19(15)21/h1-13,24,26-28H,14H2. The third-order valence-electron chi connectivity index (χ3n) is 5.31. The predicted octanol–water partition coefficient (Wildman–Crippen LogP) is 5.57. The summed E-state index contributed by atoms with van der Waals surface area (Å²) in [4.78, 5) is 0.671. The number of hydrogen-bond acceptors (Lipinski definition) is 5. The smallest absolute Gasteiger partial charge is 0.134 e. The molecule has 5 heteroatoms. The molecule has 0 fully saturated rings. The number of nitrogens with zero attached hydrogens (tertiary/aromatic N) is 1. The molecule has 1 atom stereocenters. The Morgan fingerprint density at radius 3 is 2.38 bits per heavy atom. The van der Waals surface area contributed by atoms with Crippen LogP contribution in [0.3, 0.4) is 0 Å². The molecule has 5 rings (SSSR count). The molecule has 0 aliphatic carbocycles. The van der Waals surface area contributed by atoms with E-state index in [0.717, 1.165) is 11.1 Å². The summed E-state index contributed by atoms with van der Waals surface area (Å²) in [6, 6.07) is 24.8. The maximum absolute atomic E-state index is 10.3. The Kier molecular flexibility index (Phi) is 4.34. The quantitative estimate of drug-likeness (QED) is 0.392. The Balaban J connectivity index is 1.64. The van der Waals surface area contributed by atoms with Crippen molar-refractivity contribution >= 4 is 22.7 Å². The highest BCUT2D eigenvalue weighted by Gasteiger charge is 2.34. The van der Waals surface area contributed by atoms with Crippen LogP contribution in [-0.4, -0.2) is 19.6 Å². The van der Waals surface area contributed by atoms with Crippen LogP contribution in [0.15, 0.2) is 83.8 Å². The highest BCUT2D eigenvalue weighted by molar-refractivity contribution is 7.97. The second-order valence-corrected chi connectivity index (χ2v) is 8.26. The molecule has 0 bridgehead atoms. The van der Waals surface area contributed by atoms with Gasteiger partial charge in [-0.2, -0.15) is 0 Å². The maximum Gasteiger partial charge on any atom is 0.134 e. The summed E-state index contributed by atoms with van der Waals surface area (Å²) >= 11 is 1.45. The lowest BCUT2D eigenvalue weighted by Crippen LogP contribution is -2.15. The zero-order valence-electron chi connectivity index (χ0n) is 15.5. The molecule has 0 aromatic heterocycles. The number of benzene rings is 4. The number of fused-ring (bicyclic) bond motifs is 2. The average molecular weight is 401 g/mol. The molecule has 1 heterocycles. The van der Waals surface area contributed by atoms with Crippen LogP contribution in [0.1, 0.15) is 22.7 Å². The number of hydrogen-bond donors (Lipinski definition) is 3. The average Bonchev–Trinajstić information content (AvgIpc) is 3.06. The van der Waals surface area contributed by atoms with E-state index in [-0.39, 0.29) is 23.3 Å². The second-order valence-electron chi connectivity index (χ2n) is 7.17. The molecule has 0 saturated carbocycles. The van der Waals surface area contributed by atoms with Gasteiger partial charge in [0.1, 0.15) is 17.2 Å². The molecule has 0 saturated heterocycles. The third-order valence-corrected chi connectivity index (χ3v) is 6.43. The van der Waals surface area contributed by atoms with E-state index in [0.29, 0.717) is 11.4 Å². The SMILES string of the molecule is Oc1ccc(SN2Cc3cc(O)ccc3C2c2cccc3ccccc23)c(O)c1. The van der Waals surface area contributed by atoms with Crippen molar-refractivity contribution < 1.29 is 15.3 Å². The topological polar surface area (TPSA) is 63.9 Å². The Hall–Kier alpha value is -3.15. The van der Waals surface area contributed by atoms with Gasteiger partial charge in [-0.05, 0) is 63.7 Å². The van der Waals surface area contributed by atoms with Gasteiger partial charge in [-0.15, -0.1) is 0 Å². The molecule has 29 heavy (non-hydrogen) atoms. The summed E-state index contributed by atoms with van der Waals surface area (Å²) in [5.74, 6) is 0.331. The molecule has 4 nitrogen and oxygen atoms in total. The highest BCUT2D eigenvalue weighted by atomic mass is 32.2. The van der Waals surface area contributed by atoms with Crippen LogP contribution in [-0.2, 0) is 6.54 Å². The van der Waals surface area contributed by atoms with Gasteiger partial charge >= 0.3 is 0 Å². The molecular formula is C24H19NO3S. The van der Waals surface area contributed by atoms with Crippen molar-refractivity contribution in [2.24, 2.45) is 0 Å². The van der Waals surface area contributed by atoms with E-state index < -0.39 is 0 Å². The summed E-state index contributed by atoms with van der Waals surface area (Å²) in [5.41, 5.74) is 3.39. The van der Waals surface area contributed by atoms with E-state index in [1.165, 1.54) is 34.4 Å². The summed E-state index contributed by atoms with van der Waals surface area (Å²) in [5, 5.41) is 32.2. The summed E-state index contributed by atoms with van der Waals surface area (Å²) in [6.45, 7) is 0.628. The van der Waals surface area contributed by atoms with E-state index in [2.05, 4.69) is 34.6 Å². The monoisotopic (exact) mass is 401 g/mol. The lowest BCUT2D eigenvalue weighted by atomic mass is 9.94. The van der Waals surface area contributed by atoms with Crippen molar-refractivity contribution in [1.29, 1.82) is 0 Å². The van der Waals surface area contributed by atoms with Crippen molar-refractivity contribution in [2.45, 2.75) is 17.5 Å². The maximum atomic E-state index is 10.3. The van der Waals surface area contributed by atoms with Gasteiger partial charge in [-0.25, -0.2) is 4.31 Å². The molecule has 1 aliphatic heterocycles. The fourth-order valence-electron chi connectivity index (χ4n) is 4.02. The molecule has 4 aromatic carbocycles. The first-order chi connectivity index (χ1) is 14.1. The van der Waals surface area contributed by atoms with Crippen LogP contribution in [0.5, 0.6) is 17.2 Å². The molecule has 4 aromatic rings. The van der Waals surface area contributed by atoms with Crippen LogP contribution in [0, 0.1) is 0 Å². The number of rotatable bonds is 3. The van der Waals surface area contributed by atoms with Crippen molar-refractivity contribution in [3.8, 4) is 17.2 Å². The van der Waals surface area contributed by atoms with Crippen molar-refractivity contribution in [3.05, 3.63) is 95.6 Å². The van der Waals surface area contributed by atoms with Gasteiger partial charge in [-0.3, -0.25) is 0 Å². The van der Waals surface area contributed by atoms with Crippen molar-refractivity contribution in [3.63, 3.8) is 0 Å². The molecule has 3 N–H and O–H groups in total. The summed E-state index contributed by atoms with van der Waals surface area (Å²) < 4.78 is 2.21. The Morgan fingerprint density at radius 1 is 0.759 bits per heavy atom. The first-order valence-corrected chi connectivity index (χ1v) is 10.1. The highest BCUT2D eigenvalue weighted by Crippen LogP contribution is 2.48. The van der Waals surface area contributed by atoms with Crippen LogP contribution in [0.4, 0.5) is 0 Å². The van der Waals surface area contributed by atoms with Gasteiger partial charge < -0.3 is 15.3 Å². The van der Waals surface area contributed by atoms with E-state index in [1.54, 1.807) is 18.2 Å². The number of phenolic OH excluding ortho intramolecular Hbond substituents is 3. The molecule has 144 valence electrons. The van der Waals surface area contributed by atoms with Crippen molar-refractivity contribution in [2.75, 3.05) is 0 Å². The van der Waals surface area contributed by atoms with Gasteiger partial charge in [0.2, 0.25) is 0 Å². The molecule has 0 amide bonds. The minimum absolute atomic E-state index is 0.0325. The molecule has 1 aliphatic rings. The summed E-state index contributed by atoms with van der Waals surface area (Å²) in [7, 11) is 0. The van der Waals surface area contributed by atoms with Crippen LogP contribution in [0.2, 0.25) is 0 Å². The summed E-state index contributed by atoms with van der Waals surface area (Å²) in [6.07, 6.45) is 0. The molecule has 0 radical (unpaired) electrons. The lowest BCUT2D eigenvalue weighted by molar-refractivity contribution is 0.430. The van der Waals surface area contributed by atoms with Gasteiger partial charge in [0, 0.05) is 12.6 Å². The fourth-order valence-corrected chi connectivity index (χ4v) is 5.09. The van der Waals surface area contributed by atoms with Crippen molar-refractivity contribution in [1.82, 2.24) is 4.31 Å². The van der Waals surface area contributed by atoms with E-state index >= 15 is 0 Å². The van der Waals surface area contributed by atoms with E-state index in [1.807, 2.05) is 24.3 Å². The van der Waals surface area contributed by atoms with Gasteiger partial charge in [0.15, 0.2) is 0 Å². The lowest BCUT2D eigenvalue weighted by Gasteiger charge is -2.26. The predicted molar refractivity (Wildman–Crippen MR) is 115 cm³/mol. The molecule has 1 unspecified atom stereocenters. The largest absolute Gasteiger partial charge is 0.508 e. The molecular weight excluding hydrogens is 382 g/mol.